The summed E-state index contributed by atoms with van der Waals surface area (Å²) < 4.78 is 36.7. The predicted octanol–water partition coefficient (Wildman–Crippen LogP) is 3.18. The molecule has 0 radical (unpaired) electrons. The molecule has 0 aromatic heterocycles. The quantitative estimate of drug-likeness (QED) is 0.691. The highest BCUT2D eigenvalue weighted by atomic mass is 79.9. The van der Waals surface area contributed by atoms with E-state index in [0.29, 0.717) is 22.9 Å². The van der Waals surface area contributed by atoms with Crippen LogP contribution in [0.2, 0.25) is 0 Å². The van der Waals surface area contributed by atoms with Crippen LogP contribution in [0.4, 0.5) is 11.4 Å². The van der Waals surface area contributed by atoms with E-state index in [1.165, 1.54) is 14.2 Å². The van der Waals surface area contributed by atoms with E-state index in [4.69, 9.17) is 9.47 Å². The Morgan fingerprint density at radius 1 is 1.11 bits per heavy atom. The highest BCUT2D eigenvalue weighted by molar-refractivity contribution is 9.10. The van der Waals surface area contributed by atoms with Crippen LogP contribution in [0.5, 0.6) is 11.5 Å². The second-order valence-corrected chi connectivity index (χ2v) is 8.58. The lowest BCUT2D eigenvalue weighted by atomic mass is 10.2. The Labute approximate surface area is 167 Å². The van der Waals surface area contributed by atoms with Gasteiger partial charge < -0.3 is 14.8 Å². The van der Waals surface area contributed by atoms with E-state index in [9.17, 15) is 13.2 Å². The first-order valence-electron chi connectivity index (χ1n) is 7.91. The zero-order valence-corrected chi connectivity index (χ0v) is 17.8. The van der Waals surface area contributed by atoms with Crippen LogP contribution in [-0.4, -0.2) is 41.3 Å². The van der Waals surface area contributed by atoms with Gasteiger partial charge in [0.1, 0.15) is 6.54 Å². The Morgan fingerprint density at radius 2 is 1.78 bits per heavy atom. The van der Waals surface area contributed by atoms with Crippen LogP contribution in [0, 0.1) is 6.92 Å². The van der Waals surface area contributed by atoms with Gasteiger partial charge in [0.2, 0.25) is 15.9 Å². The molecular formula is C18H21BrN2O5S. The van der Waals surface area contributed by atoms with Crippen molar-refractivity contribution in [2.45, 2.75) is 6.92 Å². The number of methoxy groups -OCH3 is 2. The van der Waals surface area contributed by atoms with Gasteiger partial charge in [-0.1, -0.05) is 15.9 Å². The van der Waals surface area contributed by atoms with Crippen LogP contribution in [-0.2, 0) is 14.8 Å². The van der Waals surface area contributed by atoms with Crippen molar-refractivity contribution in [3.8, 4) is 11.5 Å². The van der Waals surface area contributed by atoms with Crippen LogP contribution in [0.15, 0.2) is 40.9 Å². The lowest BCUT2D eigenvalue weighted by molar-refractivity contribution is -0.114. The van der Waals surface area contributed by atoms with Gasteiger partial charge in [0, 0.05) is 16.2 Å². The van der Waals surface area contributed by atoms with Gasteiger partial charge in [-0.05, 0) is 42.8 Å². The van der Waals surface area contributed by atoms with Crippen molar-refractivity contribution >= 4 is 43.2 Å². The van der Waals surface area contributed by atoms with Crippen molar-refractivity contribution in [1.82, 2.24) is 0 Å². The van der Waals surface area contributed by atoms with Crippen molar-refractivity contribution in [2.24, 2.45) is 0 Å². The number of nitrogens with zero attached hydrogens (tertiary/aromatic N) is 1. The van der Waals surface area contributed by atoms with Crippen LogP contribution in [0.25, 0.3) is 0 Å². The largest absolute Gasteiger partial charge is 0.493 e. The van der Waals surface area contributed by atoms with E-state index in [0.717, 1.165) is 20.6 Å². The molecule has 0 saturated carbocycles. The maximum Gasteiger partial charge on any atom is 0.245 e. The second-order valence-electron chi connectivity index (χ2n) is 5.82. The summed E-state index contributed by atoms with van der Waals surface area (Å²) in [6.45, 7) is 1.49. The molecule has 0 unspecified atom stereocenters. The molecule has 1 amide bonds. The molecule has 0 bridgehead atoms. The van der Waals surface area contributed by atoms with Gasteiger partial charge in [-0.25, -0.2) is 8.42 Å². The van der Waals surface area contributed by atoms with Crippen molar-refractivity contribution in [3.63, 3.8) is 0 Å². The molecule has 0 heterocycles. The first kappa shape index (κ1) is 21.0. The van der Waals surface area contributed by atoms with Crippen molar-refractivity contribution in [2.75, 3.05) is 36.6 Å². The van der Waals surface area contributed by atoms with Gasteiger partial charge in [0.15, 0.2) is 11.5 Å². The summed E-state index contributed by atoms with van der Waals surface area (Å²) in [5, 5.41) is 2.68. The number of amides is 1. The van der Waals surface area contributed by atoms with Gasteiger partial charge in [-0.15, -0.1) is 0 Å². The van der Waals surface area contributed by atoms with E-state index in [1.54, 1.807) is 36.4 Å². The SMILES string of the molecule is COc1ccc(NC(=O)CN(c2ccc(Br)c(C)c2)S(C)(=O)=O)cc1OC. The van der Waals surface area contributed by atoms with Crippen molar-refractivity contribution in [1.29, 1.82) is 0 Å². The molecule has 2 aromatic rings. The first-order valence-corrected chi connectivity index (χ1v) is 10.6. The molecule has 0 aliphatic rings. The number of rotatable bonds is 7. The average Bonchev–Trinajstić information content (AvgIpc) is 2.61. The number of ether oxygens (including phenoxy) is 2. The molecule has 2 rings (SSSR count). The lowest BCUT2D eigenvalue weighted by Crippen LogP contribution is -2.37. The lowest BCUT2D eigenvalue weighted by Gasteiger charge is -2.22. The Hall–Kier alpha value is -2.26. The van der Waals surface area contributed by atoms with Gasteiger partial charge in [0.25, 0.3) is 0 Å². The van der Waals surface area contributed by atoms with Crippen LogP contribution >= 0.6 is 15.9 Å². The van der Waals surface area contributed by atoms with Crippen LogP contribution < -0.4 is 19.1 Å². The standard InChI is InChI=1S/C18H21BrN2O5S/c1-12-9-14(6-7-15(12)19)21(27(4,23)24)11-18(22)20-13-5-8-16(25-2)17(10-13)26-3/h5-10H,11H2,1-4H3,(H,20,22). The summed E-state index contributed by atoms with van der Waals surface area (Å²) in [6, 6.07) is 9.99. The predicted molar refractivity (Wildman–Crippen MR) is 109 cm³/mol. The minimum Gasteiger partial charge on any atom is -0.493 e. The molecule has 2 aromatic carbocycles. The Kier molecular flexibility index (Phi) is 6.72. The number of aryl methyl sites for hydroxylation is 1. The molecule has 27 heavy (non-hydrogen) atoms. The van der Waals surface area contributed by atoms with Crippen LogP contribution in [0.3, 0.4) is 0 Å². The highest BCUT2D eigenvalue weighted by Crippen LogP contribution is 2.30. The molecule has 0 fully saturated rings. The average molecular weight is 457 g/mol. The number of hydrogen-bond donors (Lipinski definition) is 1. The topological polar surface area (TPSA) is 84.9 Å². The Morgan fingerprint density at radius 3 is 2.33 bits per heavy atom. The summed E-state index contributed by atoms with van der Waals surface area (Å²) in [7, 11) is -0.641. The van der Waals surface area contributed by atoms with E-state index in [-0.39, 0.29) is 6.54 Å². The van der Waals surface area contributed by atoms with Gasteiger partial charge in [-0.2, -0.15) is 0 Å². The fourth-order valence-electron chi connectivity index (χ4n) is 2.43. The molecule has 0 aliphatic heterocycles. The molecule has 0 aliphatic carbocycles. The van der Waals surface area contributed by atoms with E-state index in [1.807, 2.05) is 6.92 Å². The molecule has 9 heteroatoms. The molecule has 146 valence electrons. The fourth-order valence-corrected chi connectivity index (χ4v) is 3.52. The molecule has 0 atom stereocenters. The van der Waals surface area contributed by atoms with Crippen molar-refractivity contribution < 1.29 is 22.7 Å². The highest BCUT2D eigenvalue weighted by Gasteiger charge is 2.21. The third-order valence-electron chi connectivity index (χ3n) is 3.78. The number of halogens is 1. The molecule has 0 spiro atoms. The Balaban J connectivity index is 2.23. The third-order valence-corrected chi connectivity index (χ3v) is 5.81. The van der Waals surface area contributed by atoms with Crippen LogP contribution in [0.1, 0.15) is 5.56 Å². The van der Waals surface area contributed by atoms with E-state index >= 15 is 0 Å². The van der Waals surface area contributed by atoms with E-state index in [2.05, 4.69) is 21.2 Å². The molecular weight excluding hydrogens is 436 g/mol. The maximum atomic E-state index is 12.5. The van der Waals surface area contributed by atoms with E-state index < -0.39 is 15.9 Å². The minimum atomic E-state index is -3.65. The van der Waals surface area contributed by atoms with Gasteiger partial charge in [-0.3, -0.25) is 9.10 Å². The van der Waals surface area contributed by atoms with Gasteiger partial charge in [0.05, 0.1) is 26.2 Å². The number of hydrogen-bond acceptors (Lipinski definition) is 5. The normalized spacial score (nSPS) is 11.0. The molecule has 0 saturated heterocycles. The fraction of sp³-hybridized carbons (Fsp3) is 0.278. The number of anilines is 2. The number of carbonyl (C=O) groups is 1. The molecule has 7 nitrogen and oxygen atoms in total. The Bertz CT molecular complexity index is 947. The van der Waals surface area contributed by atoms with Crippen molar-refractivity contribution in [3.05, 3.63) is 46.4 Å². The smallest absolute Gasteiger partial charge is 0.245 e. The maximum absolute atomic E-state index is 12.5. The number of sulfonamides is 1. The summed E-state index contributed by atoms with van der Waals surface area (Å²) in [5.74, 6) is 0.505. The minimum absolute atomic E-state index is 0.353. The number of nitrogens with one attached hydrogen (secondary N) is 1. The summed E-state index contributed by atoms with van der Waals surface area (Å²) in [6.07, 6.45) is 1.06. The zero-order valence-electron chi connectivity index (χ0n) is 15.4. The van der Waals surface area contributed by atoms with Gasteiger partial charge >= 0.3 is 0 Å². The first-order chi connectivity index (χ1) is 12.7. The second kappa shape index (κ2) is 8.62. The monoisotopic (exact) mass is 456 g/mol. The summed E-state index contributed by atoms with van der Waals surface area (Å²) >= 11 is 3.38. The molecule has 1 N–H and O–H groups in total. The third kappa shape index (κ3) is 5.36. The number of carbonyl (C=O) groups excluding carboxylic acids is 1. The number of benzene rings is 2. The zero-order chi connectivity index (χ0) is 20.2. The summed E-state index contributed by atoms with van der Waals surface area (Å²) in [5.41, 5.74) is 1.75. The summed E-state index contributed by atoms with van der Waals surface area (Å²) in [4.78, 5) is 12.5.